The second-order valence-electron chi connectivity index (χ2n) is 6.80. The minimum atomic E-state index is -0.433. The maximum atomic E-state index is 12.7. The molecule has 33 heavy (non-hydrogen) atoms. The second-order valence-corrected chi connectivity index (χ2v) is 8.05. The van der Waals surface area contributed by atoms with Gasteiger partial charge in [0.15, 0.2) is 10.7 Å². The van der Waals surface area contributed by atoms with E-state index in [0.717, 1.165) is 0 Å². The van der Waals surface area contributed by atoms with E-state index in [4.69, 9.17) is 49.3 Å². The number of ether oxygens (including phenoxy) is 2. The Balaban J connectivity index is 1.52. The van der Waals surface area contributed by atoms with Crippen LogP contribution in [0.2, 0.25) is 10.0 Å². The van der Waals surface area contributed by atoms with Crippen molar-refractivity contribution in [1.29, 1.82) is 0 Å². The van der Waals surface area contributed by atoms with Gasteiger partial charge in [0.05, 0.1) is 30.4 Å². The number of methoxy groups -OCH3 is 2. The van der Waals surface area contributed by atoms with Crippen LogP contribution in [0.3, 0.4) is 0 Å². The minimum Gasteiger partial charge on any atom is -0.497 e. The molecule has 0 saturated heterocycles. The molecule has 1 heterocycles. The lowest BCUT2D eigenvalue weighted by atomic mass is 10.1. The van der Waals surface area contributed by atoms with Crippen LogP contribution < -0.4 is 20.1 Å². The predicted molar refractivity (Wildman–Crippen MR) is 133 cm³/mol. The highest BCUT2D eigenvalue weighted by Crippen LogP contribution is 2.33. The summed E-state index contributed by atoms with van der Waals surface area (Å²) < 4.78 is 16.2. The molecule has 0 aliphatic rings. The smallest absolute Gasteiger partial charge is 0.261 e. The van der Waals surface area contributed by atoms with Gasteiger partial charge in [-0.15, -0.1) is 0 Å². The van der Waals surface area contributed by atoms with Gasteiger partial charge in [0.25, 0.3) is 5.91 Å². The van der Waals surface area contributed by atoms with Crippen molar-refractivity contribution in [2.24, 2.45) is 0 Å². The summed E-state index contributed by atoms with van der Waals surface area (Å²) in [5, 5.41) is 6.69. The molecule has 1 amide bonds. The molecule has 0 unspecified atom stereocenters. The Kier molecular flexibility index (Phi) is 6.69. The maximum absolute atomic E-state index is 12.7. The van der Waals surface area contributed by atoms with Gasteiger partial charge in [-0.25, -0.2) is 4.98 Å². The van der Waals surface area contributed by atoms with Crippen LogP contribution in [0.4, 0.5) is 5.69 Å². The Labute approximate surface area is 204 Å². The topological polar surface area (TPSA) is 85.6 Å². The Bertz CT molecular complexity index is 1370. The highest BCUT2D eigenvalue weighted by atomic mass is 35.5. The first kappa shape index (κ1) is 22.8. The Hall–Kier alpha value is -3.33. The number of amides is 1. The van der Waals surface area contributed by atoms with Crippen LogP contribution in [0.5, 0.6) is 11.5 Å². The van der Waals surface area contributed by atoms with Gasteiger partial charge in [0.1, 0.15) is 17.0 Å². The summed E-state index contributed by atoms with van der Waals surface area (Å²) in [5.41, 5.74) is 2.65. The molecule has 3 aromatic carbocycles. The number of anilines is 1. The molecule has 0 aliphatic carbocycles. The lowest BCUT2D eigenvalue weighted by Gasteiger charge is -2.13. The Morgan fingerprint density at radius 1 is 1.03 bits per heavy atom. The number of carbonyl (C=O) groups excluding carboxylic acids is 1. The number of rotatable bonds is 5. The van der Waals surface area contributed by atoms with Crippen molar-refractivity contribution in [1.82, 2.24) is 10.3 Å². The monoisotopic (exact) mass is 501 g/mol. The van der Waals surface area contributed by atoms with Crippen molar-refractivity contribution in [3.05, 3.63) is 70.2 Å². The fraction of sp³-hybridized carbons (Fsp3) is 0.0870. The largest absolute Gasteiger partial charge is 0.497 e. The Morgan fingerprint density at radius 2 is 1.85 bits per heavy atom. The fourth-order valence-corrected chi connectivity index (χ4v) is 3.68. The number of halogens is 2. The van der Waals surface area contributed by atoms with Crippen molar-refractivity contribution >= 4 is 63.2 Å². The summed E-state index contributed by atoms with van der Waals surface area (Å²) in [6.45, 7) is 0. The zero-order chi connectivity index (χ0) is 23.5. The molecule has 0 spiro atoms. The summed E-state index contributed by atoms with van der Waals surface area (Å²) in [6, 6.07) is 15.2. The molecular formula is C23H17Cl2N3O4S. The molecule has 0 bridgehead atoms. The van der Waals surface area contributed by atoms with Crippen LogP contribution in [-0.4, -0.2) is 30.2 Å². The number of oxazole rings is 1. The van der Waals surface area contributed by atoms with Gasteiger partial charge in [-0.1, -0.05) is 23.2 Å². The molecule has 0 radical (unpaired) electrons. The standard InChI is InChI=1S/C23H17Cl2N3O4S/c1-30-14-5-6-15(20(11-14)31-2)21(29)28-23(33)26-13-4-7-17(25)16(10-13)22-27-18-9-12(24)3-8-19(18)32-22/h3-11H,1-2H3,(H2,26,28,29,33). The van der Waals surface area contributed by atoms with Gasteiger partial charge in [-0.3, -0.25) is 10.1 Å². The lowest BCUT2D eigenvalue weighted by Crippen LogP contribution is -2.34. The van der Waals surface area contributed by atoms with Crippen molar-refractivity contribution in [3.63, 3.8) is 0 Å². The third-order valence-corrected chi connectivity index (χ3v) is 5.45. The van der Waals surface area contributed by atoms with Crippen molar-refractivity contribution in [2.75, 3.05) is 19.5 Å². The van der Waals surface area contributed by atoms with Crippen LogP contribution in [0.25, 0.3) is 22.6 Å². The average molecular weight is 502 g/mol. The predicted octanol–water partition coefficient (Wildman–Crippen LogP) is 5.95. The third-order valence-electron chi connectivity index (χ3n) is 4.68. The number of carbonyl (C=O) groups is 1. The third kappa shape index (κ3) is 5.03. The lowest BCUT2D eigenvalue weighted by molar-refractivity contribution is 0.0974. The molecular weight excluding hydrogens is 485 g/mol. The average Bonchev–Trinajstić information content (AvgIpc) is 3.22. The summed E-state index contributed by atoms with van der Waals surface area (Å²) in [6.07, 6.45) is 0. The number of fused-ring (bicyclic) bond motifs is 1. The first-order valence-electron chi connectivity index (χ1n) is 9.58. The van der Waals surface area contributed by atoms with E-state index in [9.17, 15) is 4.79 Å². The summed E-state index contributed by atoms with van der Waals surface area (Å²) in [4.78, 5) is 17.1. The first-order chi connectivity index (χ1) is 15.9. The van der Waals surface area contributed by atoms with E-state index in [1.807, 2.05) is 0 Å². The number of hydrogen-bond acceptors (Lipinski definition) is 6. The second kappa shape index (κ2) is 9.66. The van der Waals surface area contributed by atoms with E-state index in [1.165, 1.54) is 14.2 Å². The van der Waals surface area contributed by atoms with Crippen LogP contribution >= 0.6 is 35.4 Å². The van der Waals surface area contributed by atoms with Gasteiger partial charge >= 0.3 is 0 Å². The normalized spacial score (nSPS) is 10.7. The van der Waals surface area contributed by atoms with Crippen LogP contribution in [0.15, 0.2) is 59.0 Å². The van der Waals surface area contributed by atoms with Crippen molar-refractivity contribution < 1.29 is 18.7 Å². The van der Waals surface area contributed by atoms with E-state index >= 15 is 0 Å². The number of hydrogen-bond donors (Lipinski definition) is 2. The molecule has 7 nitrogen and oxygen atoms in total. The summed E-state index contributed by atoms with van der Waals surface area (Å²) in [7, 11) is 3.00. The molecule has 4 aromatic rings. The van der Waals surface area contributed by atoms with Crippen LogP contribution in [0.1, 0.15) is 10.4 Å². The van der Waals surface area contributed by atoms with Gasteiger partial charge < -0.3 is 19.2 Å². The number of aromatic nitrogens is 1. The first-order valence-corrected chi connectivity index (χ1v) is 10.7. The number of thiocarbonyl (C=S) groups is 1. The molecule has 0 atom stereocenters. The minimum absolute atomic E-state index is 0.0930. The molecule has 4 rings (SSSR count). The number of benzene rings is 3. The molecule has 1 aromatic heterocycles. The van der Waals surface area contributed by atoms with Gasteiger partial charge in [-0.05, 0) is 60.7 Å². The quantitative estimate of drug-likeness (QED) is 0.327. The fourth-order valence-electron chi connectivity index (χ4n) is 3.10. The van der Waals surface area contributed by atoms with Crippen molar-refractivity contribution in [2.45, 2.75) is 0 Å². The van der Waals surface area contributed by atoms with E-state index in [1.54, 1.807) is 54.6 Å². The SMILES string of the molecule is COc1ccc(C(=O)NC(=S)Nc2ccc(Cl)c(-c3nc4cc(Cl)ccc4o3)c2)c(OC)c1. The van der Waals surface area contributed by atoms with E-state index in [-0.39, 0.29) is 5.11 Å². The van der Waals surface area contributed by atoms with Crippen LogP contribution in [-0.2, 0) is 0 Å². The molecule has 0 aliphatic heterocycles. The van der Waals surface area contributed by atoms with E-state index in [2.05, 4.69) is 15.6 Å². The summed E-state index contributed by atoms with van der Waals surface area (Å²) >= 11 is 17.7. The number of nitrogens with one attached hydrogen (secondary N) is 2. The zero-order valence-corrected chi connectivity index (χ0v) is 19.8. The maximum Gasteiger partial charge on any atom is 0.261 e. The van der Waals surface area contributed by atoms with Gasteiger partial charge in [0, 0.05) is 16.8 Å². The van der Waals surface area contributed by atoms with Gasteiger partial charge in [0.2, 0.25) is 5.89 Å². The molecule has 10 heteroatoms. The molecule has 2 N–H and O–H groups in total. The highest BCUT2D eigenvalue weighted by molar-refractivity contribution is 7.80. The summed E-state index contributed by atoms with van der Waals surface area (Å²) in [5.74, 6) is 0.828. The van der Waals surface area contributed by atoms with E-state index < -0.39 is 5.91 Å². The Morgan fingerprint density at radius 3 is 2.61 bits per heavy atom. The van der Waals surface area contributed by atoms with E-state index in [0.29, 0.717) is 55.3 Å². The van der Waals surface area contributed by atoms with Crippen molar-refractivity contribution in [3.8, 4) is 23.0 Å². The zero-order valence-electron chi connectivity index (χ0n) is 17.4. The van der Waals surface area contributed by atoms with Gasteiger partial charge in [-0.2, -0.15) is 0 Å². The molecule has 168 valence electrons. The number of nitrogens with zero attached hydrogens (tertiary/aromatic N) is 1. The highest BCUT2D eigenvalue weighted by Gasteiger charge is 2.16. The van der Waals surface area contributed by atoms with Crippen LogP contribution in [0, 0.1) is 0 Å². The molecule has 0 fully saturated rings. The molecule has 0 saturated carbocycles.